The van der Waals surface area contributed by atoms with E-state index in [1.807, 2.05) is 24.0 Å². The molecule has 9 nitrogen and oxygen atoms in total. The molecule has 33 heavy (non-hydrogen) atoms. The van der Waals surface area contributed by atoms with E-state index < -0.39 is 20.0 Å². The Labute approximate surface area is 196 Å². The molecule has 2 aromatic rings. The third-order valence-electron chi connectivity index (χ3n) is 5.60. The number of rotatable bonds is 9. The third kappa shape index (κ3) is 5.67. The van der Waals surface area contributed by atoms with Crippen molar-refractivity contribution >= 4 is 25.7 Å². The minimum absolute atomic E-state index is 0.111. The van der Waals surface area contributed by atoms with Crippen LogP contribution in [-0.2, 0) is 24.8 Å². The molecule has 1 fully saturated rings. The summed E-state index contributed by atoms with van der Waals surface area (Å²) in [4.78, 5) is 2.38. The number of hydrogen-bond donors (Lipinski definition) is 1. The van der Waals surface area contributed by atoms with Crippen LogP contribution in [-0.4, -0.2) is 74.7 Å². The van der Waals surface area contributed by atoms with E-state index in [1.54, 1.807) is 25.1 Å². The maximum Gasteiger partial charge on any atom is 0.243 e. The van der Waals surface area contributed by atoms with Crippen LogP contribution in [0.1, 0.15) is 11.1 Å². The van der Waals surface area contributed by atoms with Crippen LogP contribution in [0.2, 0.25) is 0 Å². The SMILES string of the molecule is COCCNS(=O)(=O)c1ccc(OC)c(N2CCN(S(=O)(=O)c3cc(C)ccc3C)CC2)c1. The maximum absolute atomic E-state index is 13.2. The second-order valence-electron chi connectivity index (χ2n) is 7.88. The topological polar surface area (TPSA) is 105 Å². The number of benzene rings is 2. The van der Waals surface area contributed by atoms with Crippen molar-refractivity contribution in [2.24, 2.45) is 0 Å². The molecule has 2 aromatic carbocycles. The van der Waals surface area contributed by atoms with E-state index in [4.69, 9.17) is 9.47 Å². The van der Waals surface area contributed by atoms with Gasteiger partial charge in [0.2, 0.25) is 20.0 Å². The number of methoxy groups -OCH3 is 2. The van der Waals surface area contributed by atoms with Gasteiger partial charge in [0.25, 0.3) is 0 Å². The molecule has 0 saturated carbocycles. The van der Waals surface area contributed by atoms with Crippen molar-refractivity contribution in [1.29, 1.82) is 0 Å². The molecule has 1 aliphatic heterocycles. The summed E-state index contributed by atoms with van der Waals surface area (Å²) >= 11 is 0. The number of nitrogens with zero attached hydrogens (tertiary/aromatic N) is 2. The molecular formula is C22H31N3O6S2. The fourth-order valence-corrected chi connectivity index (χ4v) is 6.50. The van der Waals surface area contributed by atoms with Crippen molar-refractivity contribution in [2.45, 2.75) is 23.6 Å². The molecule has 0 spiro atoms. The highest BCUT2D eigenvalue weighted by Gasteiger charge is 2.31. The van der Waals surface area contributed by atoms with Crippen LogP contribution in [0.5, 0.6) is 5.75 Å². The largest absolute Gasteiger partial charge is 0.495 e. The lowest BCUT2D eigenvalue weighted by Crippen LogP contribution is -2.49. The van der Waals surface area contributed by atoms with Crippen LogP contribution in [0.15, 0.2) is 46.2 Å². The number of sulfonamides is 2. The number of nitrogens with one attached hydrogen (secondary N) is 1. The molecule has 0 radical (unpaired) electrons. The Morgan fingerprint density at radius 3 is 2.27 bits per heavy atom. The highest BCUT2D eigenvalue weighted by Crippen LogP contribution is 2.32. The molecular weight excluding hydrogens is 466 g/mol. The van der Waals surface area contributed by atoms with Gasteiger partial charge in [-0.3, -0.25) is 0 Å². The van der Waals surface area contributed by atoms with Gasteiger partial charge in [0.05, 0.1) is 29.2 Å². The van der Waals surface area contributed by atoms with E-state index in [2.05, 4.69) is 4.72 Å². The van der Waals surface area contributed by atoms with E-state index in [0.717, 1.165) is 5.56 Å². The highest BCUT2D eigenvalue weighted by atomic mass is 32.2. The number of aryl methyl sites for hydroxylation is 2. The van der Waals surface area contributed by atoms with Crippen LogP contribution < -0.4 is 14.4 Å². The molecule has 0 amide bonds. The highest BCUT2D eigenvalue weighted by molar-refractivity contribution is 7.89. The quantitative estimate of drug-likeness (QED) is 0.526. The Bertz CT molecular complexity index is 1190. The van der Waals surface area contributed by atoms with E-state index in [9.17, 15) is 16.8 Å². The first-order valence-electron chi connectivity index (χ1n) is 10.6. The Hall–Kier alpha value is -2.18. The molecule has 3 rings (SSSR count). The zero-order valence-electron chi connectivity index (χ0n) is 19.4. The molecule has 0 aliphatic carbocycles. The lowest BCUT2D eigenvalue weighted by atomic mass is 10.2. The zero-order chi connectivity index (χ0) is 24.2. The van der Waals surface area contributed by atoms with Gasteiger partial charge in [0, 0.05) is 39.8 Å². The average Bonchev–Trinajstić information content (AvgIpc) is 2.80. The van der Waals surface area contributed by atoms with Crippen molar-refractivity contribution in [1.82, 2.24) is 9.03 Å². The van der Waals surface area contributed by atoms with Gasteiger partial charge in [0.15, 0.2) is 0 Å². The maximum atomic E-state index is 13.2. The van der Waals surface area contributed by atoms with Crippen molar-refractivity contribution < 1.29 is 26.3 Å². The number of hydrogen-bond acceptors (Lipinski definition) is 7. The van der Waals surface area contributed by atoms with Gasteiger partial charge in [-0.1, -0.05) is 12.1 Å². The Morgan fingerprint density at radius 2 is 1.64 bits per heavy atom. The van der Waals surface area contributed by atoms with Gasteiger partial charge in [0.1, 0.15) is 5.75 Å². The summed E-state index contributed by atoms with van der Waals surface area (Å²) in [7, 11) is -4.32. The molecule has 1 aliphatic rings. The first-order chi connectivity index (χ1) is 15.6. The second-order valence-corrected chi connectivity index (χ2v) is 11.6. The van der Waals surface area contributed by atoms with Crippen molar-refractivity contribution in [3.8, 4) is 5.75 Å². The van der Waals surface area contributed by atoms with Gasteiger partial charge in [-0.15, -0.1) is 0 Å². The Balaban J connectivity index is 1.80. The summed E-state index contributed by atoms with van der Waals surface area (Å²) in [6.07, 6.45) is 0. The summed E-state index contributed by atoms with van der Waals surface area (Å²) in [5, 5.41) is 0. The van der Waals surface area contributed by atoms with E-state index >= 15 is 0 Å². The molecule has 1 N–H and O–H groups in total. The molecule has 1 heterocycles. The number of anilines is 1. The molecule has 0 bridgehead atoms. The lowest BCUT2D eigenvalue weighted by molar-refractivity contribution is 0.204. The fraction of sp³-hybridized carbons (Fsp3) is 0.455. The van der Waals surface area contributed by atoms with Crippen LogP contribution >= 0.6 is 0 Å². The first kappa shape index (κ1) is 25.4. The summed E-state index contributed by atoms with van der Waals surface area (Å²) < 4.78 is 66.0. The second kappa shape index (κ2) is 10.4. The normalized spacial score (nSPS) is 15.6. The minimum Gasteiger partial charge on any atom is -0.495 e. The predicted molar refractivity (Wildman–Crippen MR) is 127 cm³/mol. The van der Waals surface area contributed by atoms with Crippen LogP contribution in [0.25, 0.3) is 0 Å². The van der Waals surface area contributed by atoms with Crippen LogP contribution in [0.4, 0.5) is 5.69 Å². The zero-order valence-corrected chi connectivity index (χ0v) is 21.0. The summed E-state index contributed by atoms with van der Waals surface area (Å²) in [5.74, 6) is 0.525. The first-order valence-corrected chi connectivity index (χ1v) is 13.5. The third-order valence-corrected chi connectivity index (χ3v) is 9.10. The van der Waals surface area contributed by atoms with Crippen molar-refractivity contribution in [2.75, 3.05) is 58.5 Å². The van der Waals surface area contributed by atoms with E-state index in [0.29, 0.717) is 35.0 Å². The predicted octanol–water partition coefficient (Wildman–Crippen LogP) is 1.75. The van der Waals surface area contributed by atoms with Crippen LogP contribution in [0, 0.1) is 13.8 Å². The average molecular weight is 498 g/mol. The molecule has 0 atom stereocenters. The summed E-state index contributed by atoms with van der Waals surface area (Å²) in [6.45, 7) is 5.45. The molecule has 11 heteroatoms. The smallest absolute Gasteiger partial charge is 0.243 e. The van der Waals surface area contributed by atoms with Crippen molar-refractivity contribution in [3.05, 3.63) is 47.5 Å². The van der Waals surface area contributed by atoms with Crippen LogP contribution in [0.3, 0.4) is 0 Å². The molecule has 0 aromatic heterocycles. The molecule has 1 saturated heterocycles. The monoisotopic (exact) mass is 497 g/mol. The van der Waals surface area contributed by atoms with E-state index in [-0.39, 0.29) is 31.1 Å². The summed E-state index contributed by atoms with van der Waals surface area (Å²) in [6, 6.07) is 10.1. The standard InChI is InChI=1S/C22H31N3O6S2/c1-17-5-6-18(2)22(15-17)33(28,29)25-12-10-24(11-13-25)20-16-19(7-8-21(20)31-4)32(26,27)23-9-14-30-3/h5-8,15-16,23H,9-14H2,1-4H3. The number of piperazine rings is 1. The Morgan fingerprint density at radius 1 is 0.939 bits per heavy atom. The van der Waals surface area contributed by atoms with E-state index in [1.165, 1.54) is 24.6 Å². The van der Waals surface area contributed by atoms with Gasteiger partial charge < -0.3 is 14.4 Å². The molecule has 182 valence electrons. The fourth-order valence-electron chi connectivity index (χ4n) is 3.74. The van der Waals surface area contributed by atoms with Gasteiger partial charge in [-0.05, 0) is 49.2 Å². The lowest BCUT2D eigenvalue weighted by Gasteiger charge is -2.36. The number of ether oxygens (including phenoxy) is 2. The van der Waals surface area contributed by atoms with Gasteiger partial charge >= 0.3 is 0 Å². The minimum atomic E-state index is -3.72. The van der Waals surface area contributed by atoms with Gasteiger partial charge in [-0.25, -0.2) is 21.6 Å². The Kier molecular flexibility index (Phi) is 8.01. The van der Waals surface area contributed by atoms with Gasteiger partial charge in [-0.2, -0.15) is 4.31 Å². The summed E-state index contributed by atoms with van der Waals surface area (Å²) in [5.41, 5.74) is 2.21. The van der Waals surface area contributed by atoms with Crippen molar-refractivity contribution in [3.63, 3.8) is 0 Å². The molecule has 0 unspecified atom stereocenters.